The van der Waals surface area contributed by atoms with E-state index in [1.807, 2.05) is 43.3 Å². The highest BCUT2D eigenvalue weighted by Crippen LogP contribution is 2.25. The average molecular weight is 258 g/mol. The highest BCUT2D eigenvalue weighted by Gasteiger charge is 2.11. The van der Waals surface area contributed by atoms with E-state index < -0.39 is 5.97 Å². The number of nitriles is 1. The zero-order valence-electron chi connectivity index (χ0n) is 11.7. The van der Waals surface area contributed by atoms with Gasteiger partial charge in [-0.1, -0.05) is 18.2 Å². The van der Waals surface area contributed by atoms with Gasteiger partial charge in [0.15, 0.2) is 0 Å². The van der Waals surface area contributed by atoms with E-state index in [2.05, 4.69) is 6.07 Å². The van der Waals surface area contributed by atoms with Crippen LogP contribution in [0.3, 0.4) is 0 Å². The molecule has 0 saturated carbocycles. The van der Waals surface area contributed by atoms with Gasteiger partial charge in [-0.3, -0.25) is 0 Å². The number of anilines is 1. The minimum Gasteiger partial charge on any atom is -0.460 e. The number of rotatable bonds is 4. The van der Waals surface area contributed by atoms with Gasteiger partial charge in [-0.15, -0.1) is 0 Å². The van der Waals surface area contributed by atoms with Crippen LogP contribution in [-0.4, -0.2) is 26.2 Å². The van der Waals surface area contributed by atoms with Crippen LogP contribution in [0.5, 0.6) is 0 Å². The molecule has 19 heavy (non-hydrogen) atoms. The molecule has 0 saturated heterocycles. The highest BCUT2D eigenvalue weighted by atomic mass is 16.5. The van der Waals surface area contributed by atoms with Crippen LogP contribution in [0.15, 0.2) is 30.3 Å². The number of para-hydroxylation sites is 1. The summed E-state index contributed by atoms with van der Waals surface area (Å²) in [5, 5.41) is 9.22. The summed E-state index contributed by atoms with van der Waals surface area (Å²) in [7, 11) is 3.78. The summed E-state index contributed by atoms with van der Waals surface area (Å²) in [5.74, 6) is -0.500. The van der Waals surface area contributed by atoms with Crippen LogP contribution in [0, 0.1) is 11.3 Å². The molecule has 0 radical (unpaired) electrons. The Kier molecular flexibility index (Phi) is 5.13. The van der Waals surface area contributed by atoms with Gasteiger partial charge in [-0.2, -0.15) is 5.26 Å². The molecule has 0 fully saturated rings. The Morgan fingerprint density at radius 3 is 2.53 bits per heavy atom. The first-order valence-corrected chi connectivity index (χ1v) is 6.04. The predicted molar refractivity (Wildman–Crippen MR) is 75.6 cm³/mol. The average Bonchev–Trinajstić information content (AvgIpc) is 2.35. The number of carbonyl (C=O) groups excluding carboxylic acids is 1. The van der Waals surface area contributed by atoms with E-state index in [0.29, 0.717) is 5.57 Å². The van der Waals surface area contributed by atoms with E-state index in [1.54, 1.807) is 13.8 Å². The van der Waals surface area contributed by atoms with Crippen molar-refractivity contribution in [1.29, 1.82) is 5.26 Å². The molecule has 0 aromatic heterocycles. The van der Waals surface area contributed by atoms with Gasteiger partial charge >= 0.3 is 5.97 Å². The third-order valence-corrected chi connectivity index (χ3v) is 2.41. The quantitative estimate of drug-likeness (QED) is 0.473. The van der Waals surface area contributed by atoms with Gasteiger partial charge in [0.1, 0.15) is 6.07 Å². The van der Waals surface area contributed by atoms with E-state index in [4.69, 9.17) is 4.74 Å². The molecule has 0 N–H and O–H groups in total. The standard InChI is InChI=1S/C15H18N2O2/c1-11(2)19-15(18)9-12(10-16)13-7-5-6-8-14(13)17(3)4/h5-9,11H,1-4H3. The third kappa shape index (κ3) is 4.14. The van der Waals surface area contributed by atoms with Crippen molar-refractivity contribution < 1.29 is 9.53 Å². The molecule has 0 bridgehead atoms. The van der Waals surface area contributed by atoms with E-state index in [1.165, 1.54) is 6.08 Å². The lowest BCUT2D eigenvalue weighted by Gasteiger charge is -2.16. The molecule has 0 aliphatic carbocycles. The Bertz CT molecular complexity index is 525. The molecule has 0 atom stereocenters. The van der Waals surface area contributed by atoms with E-state index in [0.717, 1.165) is 11.3 Å². The van der Waals surface area contributed by atoms with Gasteiger partial charge < -0.3 is 9.64 Å². The fourth-order valence-corrected chi connectivity index (χ4v) is 1.65. The number of hydrogen-bond donors (Lipinski definition) is 0. The number of esters is 1. The Balaban J connectivity index is 3.15. The second-order valence-electron chi connectivity index (χ2n) is 4.57. The summed E-state index contributed by atoms with van der Waals surface area (Å²) < 4.78 is 5.02. The number of allylic oxidation sites excluding steroid dienone is 1. The van der Waals surface area contributed by atoms with Crippen LogP contribution in [-0.2, 0) is 9.53 Å². The Morgan fingerprint density at radius 2 is 2.00 bits per heavy atom. The lowest BCUT2D eigenvalue weighted by atomic mass is 10.0. The minimum atomic E-state index is -0.500. The second kappa shape index (κ2) is 6.60. The first-order valence-electron chi connectivity index (χ1n) is 6.04. The fourth-order valence-electron chi connectivity index (χ4n) is 1.65. The highest BCUT2D eigenvalue weighted by molar-refractivity contribution is 5.97. The summed E-state index contributed by atoms with van der Waals surface area (Å²) in [6.45, 7) is 3.54. The van der Waals surface area contributed by atoms with Gasteiger partial charge in [-0.05, 0) is 19.9 Å². The smallest absolute Gasteiger partial charge is 0.332 e. The van der Waals surface area contributed by atoms with Gasteiger partial charge in [0.2, 0.25) is 0 Å². The summed E-state index contributed by atoms with van der Waals surface area (Å²) in [5.41, 5.74) is 1.90. The van der Waals surface area contributed by atoms with Crippen molar-refractivity contribution in [2.45, 2.75) is 20.0 Å². The van der Waals surface area contributed by atoms with Gasteiger partial charge in [-0.25, -0.2) is 4.79 Å². The van der Waals surface area contributed by atoms with Gasteiger partial charge in [0, 0.05) is 31.4 Å². The van der Waals surface area contributed by atoms with E-state index in [9.17, 15) is 10.1 Å². The largest absolute Gasteiger partial charge is 0.460 e. The molecule has 1 rings (SSSR count). The summed E-state index contributed by atoms with van der Waals surface area (Å²) in [6.07, 6.45) is 1.04. The monoisotopic (exact) mass is 258 g/mol. The summed E-state index contributed by atoms with van der Waals surface area (Å²) >= 11 is 0. The van der Waals surface area contributed by atoms with Crippen molar-refractivity contribution in [2.75, 3.05) is 19.0 Å². The Labute approximate surface area is 113 Å². The molecule has 0 amide bonds. The van der Waals surface area contributed by atoms with Crippen LogP contribution in [0.4, 0.5) is 5.69 Å². The Morgan fingerprint density at radius 1 is 1.37 bits per heavy atom. The molecular formula is C15H18N2O2. The number of hydrogen-bond acceptors (Lipinski definition) is 4. The maximum Gasteiger partial charge on any atom is 0.332 e. The van der Waals surface area contributed by atoms with Crippen molar-refractivity contribution in [2.24, 2.45) is 0 Å². The summed E-state index contributed by atoms with van der Waals surface area (Å²) in [4.78, 5) is 13.5. The van der Waals surface area contributed by atoms with Crippen LogP contribution < -0.4 is 4.90 Å². The molecule has 0 spiro atoms. The lowest BCUT2D eigenvalue weighted by Crippen LogP contribution is -2.12. The third-order valence-electron chi connectivity index (χ3n) is 2.41. The summed E-state index contributed by atoms with van der Waals surface area (Å²) in [6, 6.07) is 9.48. The first kappa shape index (κ1) is 14.8. The predicted octanol–water partition coefficient (Wildman–Crippen LogP) is 2.61. The van der Waals surface area contributed by atoms with Crippen LogP contribution in [0.2, 0.25) is 0 Å². The van der Waals surface area contributed by atoms with Crippen molar-refractivity contribution in [3.8, 4) is 6.07 Å². The molecule has 0 heterocycles. The molecule has 4 nitrogen and oxygen atoms in total. The molecule has 0 aliphatic heterocycles. The number of carbonyl (C=O) groups is 1. The molecule has 1 aromatic rings. The number of ether oxygens (including phenoxy) is 1. The lowest BCUT2D eigenvalue weighted by molar-refractivity contribution is -0.141. The van der Waals surface area contributed by atoms with Crippen LogP contribution in [0.1, 0.15) is 19.4 Å². The Hall–Kier alpha value is -2.28. The molecule has 1 aromatic carbocycles. The minimum absolute atomic E-state index is 0.201. The second-order valence-corrected chi connectivity index (χ2v) is 4.57. The van der Waals surface area contributed by atoms with E-state index in [-0.39, 0.29) is 6.10 Å². The number of benzene rings is 1. The van der Waals surface area contributed by atoms with Gasteiger partial charge in [0.05, 0.1) is 11.7 Å². The molecule has 100 valence electrons. The van der Waals surface area contributed by atoms with Crippen LogP contribution in [0.25, 0.3) is 5.57 Å². The topological polar surface area (TPSA) is 53.3 Å². The zero-order chi connectivity index (χ0) is 14.4. The molecule has 0 aliphatic rings. The van der Waals surface area contributed by atoms with Crippen molar-refractivity contribution in [3.63, 3.8) is 0 Å². The SMILES string of the molecule is CC(C)OC(=O)C=C(C#N)c1ccccc1N(C)C. The fraction of sp³-hybridized carbons (Fsp3) is 0.333. The molecule has 0 unspecified atom stereocenters. The molecule has 4 heteroatoms. The van der Waals surface area contributed by atoms with Crippen molar-refractivity contribution in [3.05, 3.63) is 35.9 Å². The maximum atomic E-state index is 11.6. The van der Waals surface area contributed by atoms with Crippen molar-refractivity contribution >= 4 is 17.2 Å². The normalized spacial score (nSPS) is 11.1. The van der Waals surface area contributed by atoms with E-state index >= 15 is 0 Å². The number of nitrogens with zero attached hydrogens (tertiary/aromatic N) is 2. The van der Waals surface area contributed by atoms with Crippen LogP contribution >= 0.6 is 0 Å². The first-order chi connectivity index (χ1) is 8.95. The maximum absolute atomic E-state index is 11.6. The van der Waals surface area contributed by atoms with Crippen molar-refractivity contribution in [1.82, 2.24) is 0 Å². The molecular weight excluding hydrogens is 240 g/mol. The zero-order valence-corrected chi connectivity index (χ0v) is 11.7. The van der Waals surface area contributed by atoms with Gasteiger partial charge in [0.25, 0.3) is 0 Å².